The number of aromatic nitrogens is 1. The average molecular weight is 247 g/mol. The Morgan fingerprint density at radius 2 is 2.17 bits per heavy atom. The number of pyridine rings is 1. The number of amides is 1. The van der Waals surface area contributed by atoms with E-state index in [1.54, 1.807) is 18.3 Å². The highest BCUT2D eigenvalue weighted by Gasteiger charge is 2.21. The molecule has 4 nitrogen and oxygen atoms in total. The molecule has 1 heterocycles. The molecule has 98 valence electrons. The first-order chi connectivity index (χ1) is 8.66. The number of nitrogens with two attached hydrogens (primary N) is 1. The summed E-state index contributed by atoms with van der Waals surface area (Å²) in [7, 11) is 0. The van der Waals surface area contributed by atoms with Crippen molar-refractivity contribution in [2.45, 2.75) is 45.1 Å². The van der Waals surface area contributed by atoms with Crippen LogP contribution in [0.2, 0.25) is 0 Å². The van der Waals surface area contributed by atoms with E-state index in [1.807, 2.05) is 0 Å². The third kappa shape index (κ3) is 3.22. The monoisotopic (exact) mass is 247 g/mol. The van der Waals surface area contributed by atoms with Crippen LogP contribution in [-0.4, -0.2) is 16.9 Å². The number of nitrogens with zero attached hydrogens (tertiary/aromatic N) is 1. The van der Waals surface area contributed by atoms with E-state index in [-0.39, 0.29) is 11.9 Å². The van der Waals surface area contributed by atoms with Crippen LogP contribution >= 0.6 is 0 Å². The van der Waals surface area contributed by atoms with Crippen LogP contribution in [0.5, 0.6) is 0 Å². The summed E-state index contributed by atoms with van der Waals surface area (Å²) in [6.07, 6.45) is 7.91. The second-order valence-corrected chi connectivity index (χ2v) is 5.13. The maximum absolute atomic E-state index is 12.1. The number of nitrogens with one attached hydrogen (secondary N) is 1. The smallest absolute Gasteiger partial charge is 0.251 e. The van der Waals surface area contributed by atoms with Gasteiger partial charge in [-0.3, -0.25) is 4.79 Å². The Labute approximate surface area is 108 Å². The third-order valence-electron chi connectivity index (χ3n) is 3.76. The Balaban J connectivity index is 1.94. The van der Waals surface area contributed by atoms with Crippen LogP contribution in [0.1, 0.15) is 49.4 Å². The normalized spacial score (nSPS) is 18.3. The number of anilines is 1. The molecule has 0 spiro atoms. The maximum atomic E-state index is 12.1. The summed E-state index contributed by atoms with van der Waals surface area (Å²) in [6.45, 7) is 2.10. The molecule has 2 rings (SSSR count). The average Bonchev–Trinajstić information content (AvgIpc) is 2.39. The van der Waals surface area contributed by atoms with E-state index in [9.17, 15) is 4.79 Å². The van der Waals surface area contributed by atoms with Crippen molar-refractivity contribution in [1.29, 1.82) is 0 Å². The topological polar surface area (TPSA) is 68.0 Å². The van der Waals surface area contributed by atoms with E-state index in [4.69, 9.17) is 5.73 Å². The van der Waals surface area contributed by atoms with Crippen LogP contribution in [0.15, 0.2) is 18.3 Å². The lowest BCUT2D eigenvalue weighted by Gasteiger charge is -2.28. The molecule has 3 N–H and O–H groups in total. The number of carbonyl (C=O) groups is 1. The van der Waals surface area contributed by atoms with Gasteiger partial charge in [-0.25, -0.2) is 4.98 Å². The molecule has 0 saturated heterocycles. The largest absolute Gasteiger partial charge is 0.384 e. The van der Waals surface area contributed by atoms with Gasteiger partial charge in [-0.15, -0.1) is 0 Å². The first kappa shape index (κ1) is 12.9. The Bertz CT molecular complexity index is 413. The minimum atomic E-state index is -0.0535. The molecule has 0 bridgehead atoms. The highest BCUT2D eigenvalue weighted by Crippen LogP contribution is 2.26. The molecule has 0 unspecified atom stereocenters. The van der Waals surface area contributed by atoms with Crippen LogP contribution in [0.25, 0.3) is 0 Å². The van der Waals surface area contributed by atoms with Crippen LogP contribution in [0, 0.1) is 5.92 Å². The van der Waals surface area contributed by atoms with Gasteiger partial charge in [0.15, 0.2) is 0 Å². The summed E-state index contributed by atoms with van der Waals surface area (Å²) in [5.74, 6) is 0.942. The number of hydrogen-bond acceptors (Lipinski definition) is 3. The van der Waals surface area contributed by atoms with Crippen LogP contribution in [-0.2, 0) is 0 Å². The summed E-state index contributed by atoms with van der Waals surface area (Å²) < 4.78 is 0. The van der Waals surface area contributed by atoms with Crippen LogP contribution in [0.3, 0.4) is 0 Å². The highest BCUT2D eigenvalue weighted by atomic mass is 16.1. The van der Waals surface area contributed by atoms with Gasteiger partial charge < -0.3 is 11.1 Å². The van der Waals surface area contributed by atoms with Crippen molar-refractivity contribution in [3.05, 3.63) is 23.9 Å². The van der Waals surface area contributed by atoms with Gasteiger partial charge in [0.25, 0.3) is 5.91 Å². The van der Waals surface area contributed by atoms with E-state index in [0.717, 1.165) is 0 Å². The molecular weight excluding hydrogens is 226 g/mol. The summed E-state index contributed by atoms with van der Waals surface area (Å²) in [6, 6.07) is 3.54. The van der Waals surface area contributed by atoms with Crippen molar-refractivity contribution in [1.82, 2.24) is 10.3 Å². The molecule has 1 aliphatic carbocycles. The lowest BCUT2D eigenvalue weighted by atomic mass is 9.84. The van der Waals surface area contributed by atoms with Crippen LogP contribution < -0.4 is 11.1 Å². The second kappa shape index (κ2) is 5.85. The van der Waals surface area contributed by atoms with Crippen molar-refractivity contribution in [3.63, 3.8) is 0 Å². The van der Waals surface area contributed by atoms with Crippen molar-refractivity contribution in [2.24, 2.45) is 5.92 Å². The predicted molar refractivity (Wildman–Crippen MR) is 72.2 cm³/mol. The number of hydrogen-bond donors (Lipinski definition) is 2. The van der Waals surface area contributed by atoms with E-state index in [0.29, 0.717) is 17.3 Å². The van der Waals surface area contributed by atoms with Crippen molar-refractivity contribution < 1.29 is 4.79 Å². The van der Waals surface area contributed by atoms with Gasteiger partial charge in [-0.2, -0.15) is 0 Å². The Kier molecular flexibility index (Phi) is 4.18. The van der Waals surface area contributed by atoms with Gasteiger partial charge in [0.1, 0.15) is 5.82 Å². The molecule has 18 heavy (non-hydrogen) atoms. The lowest BCUT2D eigenvalue weighted by molar-refractivity contribution is 0.0919. The first-order valence-corrected chi connectivity index (χ1v) is 6.69. The number of carbonyl (C=O) groups excluding carboxylic acids is 1. The fourth-order valence-electron chi connectivity index (χ4n) is 2.63. The van der Waals surface area contributed by atoms with Gasteiger partial charge in [-0.05, 0) is 37.8 Å². The Hall–Kier alpha value is -1.58. The molecule has 1 amide bonds. The zero-order valence-corrected chi connectivity index (χ0v) is 10.9. The van der Waals surface area contributed by atoms with Gasteiger partial charge in [0.05, 0.1) is 0 Å². The fourth-order valence-corrected chi connectivity index (χ4v) is 2.63. The van der Waals surface area contributed by atoms with Gasteiger partial charge in [-0.1, -0.05) is 19.3 Å². The quantitative estimate of drug-likeness (QED) is 0.861. The summed E-state index contributed by atoms with van der Waals surface area (Å²) >= 11 is 0. The van der Waals surface area contributed by atoms with Crippen molar-refractivity contribution >= 4 is 11.7 Å². The zero-order chi connectivity index (χ0) is 13.0. The van der Waals surface area contributed by atoms with E-state index in [2.05, 4.69) is 17.2 Å². The minimum absolute atomic E-state index is 0.0535. The maximum Gasteiger partial charge on any atom is 0.251 e. The Morgan fingerprint density at radius 1 is 1.44 bits per heavy atom. The first-order valence-electron chi connectivity index (χ1n) is 6.69. The number of nitrogen functional groups attached to an aromatic ring is 1. The standard InChI is InChI=1S/C14H21N3O/c1-10(11-5-3-2-4-6-11)17-14(18)12-7-8-16-13(15)9-12/h7-11H,2-6H2,1H3,(H2,15,16)(H,17,18)/t10-/m0/s1. The molecule has 0 aromatic carbocycles. The molecule has 0 aliphatic heterocycles. The molecule has 1 aromatic rings. The summed E-state index contributed by atoms with van der Waals surface area (Å²) in [5, 5.41) is 3.07. The van der Waals surface area contributed by atoms with E-state index >= 15 is 0 Å². The minimum Gasteiger partial charge on any atom is -0.384 e. The van der Waals surface area contributed by atoms with Gasteiger partial charge in [0.2, 0.25) is 0 Å². The number of rotatable bonds is 3. The molecular formula is C14H21N3O. The summed E-state index contributed by atoms with van der Waals surface area (Å²) in [4.78, 5) is 15.9. The predicted octanol–water partition coefficient (Wildman–Crippen LogP) is 2.36. The van der Waals surface area contributed by atoms with E-state index < -0.39 is 0 Å². The fraction of sp³-hybridized carbons (Fsp3) is 0.571. The lowest BCUT2D eigenvalue weighted by Crippen LogP contribution is -2.38. The van der Waals surface area contributed by atoms with Gasteiger partial charge in [0, 0.05) is 17.8 Å². The zero-order valence-electron chi connectivity index (χ0n) is 10.9. The molecule has 4 heteroatoms. The molecule has 1 fully saturated rings. The molecule has 1 aliphatic rings. The molecule has 0 radical (unpaired) electrons. The third-order valence-corrected chi connectivity index (χ3v) is 3.76. The Morgan fingerprint density at radius 3 is 2.83 bits per heavy atom. The van der Waals surface area contributed by atoms with Crippen LogP contribution in [0.4, 0.5) is 5.82 Å². The van der Waals surface area contributed by atoms with E-state index in [1.165, 1.54) is 32.1 Å². The summed E-state index contributed by atoms with van der Waals surface area (Å²) in [5.41, 5.74) is 6.17. The molecule has 1 atom stereocenters. The van der Waals surface area contributed by atoms with Crippen molar-refractivity contribution in [3.8, 4) is 0 Å². The van der Waals surface area contributed by atoms with Crippen molar-refractivity contribution in [2.75, 3.05) is 5.73 Å². The molecule has 1 aromatic heterocycles. The SMILES string of the molecule is C[C@H](NC(=O)c1ccnc(N)c1)C1CCCCC1. The second-order valence-electron chi connectivity index (χ2n) is 5.13. The van der Waals surface area contributed by atoms with Gasteiger partial charge >= 0.3 is 0 Å². The molecule has 1 saturated carbocycles. The highest BCUT2D eigenvalue weighted by molar-refractivity contribution is 5.94.